The molecular weight excluding hydrogens is 212 g/mol. The van der Waals surface area contributed by atoms with Crippen LogP contribution in [0.5, 0.6) is 0 Å². The van der Waals surface area contributed by atoms with Gasteiger partial charge >= 0.3 is 0 Å². The van der Waals surface area contributed by atoms with Crippen LogP contribution in [-0.4, -0.2) is 36.0 Å². The second-order valence-electron chi connectivity index (χ2n) is 6.10. The standard InChI is InChI=1S/C14H26N2O/c1-10-4-5-12(3)16(9-10)14(17)13-6-7-15-11(2)8-13/h10-13,15H,4-9H2,1-3H3/t10?,11-,12?,13-/m0/s1. The Bertz CT molecular complexity index is 279. The third kappa shape index (κ3) is 3.01. The molecule has 0 radical (unpaired) electrons. The Labute approximate surface area is 105 Å². The molecule has 0 aromatic rings. The molecule has 0 aromatic heterocycles. The quantitative estimate of drug-likeness (QED) is 0.758. The van der Waals surface area contributed by atoms with E-state index in [1.165, 1.54) is 12.8 Å². The van der Waals surface area contributed by atoms with E-state index in [2.05, 4.69) is 31.0 Å². The third-order valence-electron chi connectivity index (χ3n) is 4.37. The van der Waals surface area contributed by atoms with Crippen LogP contribution in [0.1, 0.15) is 46.5 Å². The van der Waals surface area contributed by atoms with Gasteiger partial charge in [0.15, 0.2) is 0 Å². The second-order valence-corrected chi connectivity index (χ2v) is 6.10. The van der Waals surface area contributed by atoms with Gasteiger partial charge in [0.1, 0.15) is 0 Å². The molecule has 3 nitrogen and oxygen atoms in total. The van der Waals surface area contributed by atoms with Crippen LogP contribution in [0, 0.1) is 11.8 Å². The number of nitrogens with one attached hydrogen (secondary N) is 1. The molecule has 0 aromatic carbocycles. The first-order valence-corrected chi connectivity index (χ1v) is 7.11. The smallest absolute Gasteiger partial charge is 0.226 e. The topological polar surface area (TPSA) is 32.3 Å². The van der Waals surface area contributed by atoms with Crippen molar-refractivity contribution in [2.24, 2.45) is 11.8 Å². The number of hydrogen-bond donors (Lipinski definition) is 1. The lowest BCUT2D eigenvalue weighted by molar-refractivity contribution is -0.141. The van der Waals surface area contributed by atoms with Crippen molar-refractivity contribution in [1.29, 1.82) is 0 Å². The van der Waals surface area contributed by atoms with Crippen LogP contribution < -0.4 is 5.32 Å². The van der Waals surface area contributed by atoms with E-state index in [0.29, 0.717) is 23.9 Å². The summed E-state index contributed by atoms with van der Waals surface area (Å²) in [4.78, 5) is 14.7. The van der Waals surface area contributed by atoms with E-state index in [9.17, 15) is 4.79 Å². The van der Waals surface area contributed by atoms with Crippen molar-refractivity contribution in [3.05, 3.63) is 0 Å². The maximum Gasteiger partial charge on any atom is 0.226 e. The summed E-state index contributed by atoms with van der Waals surface area (Å²) < 4.78 is 0. The fraction of sp³-hybridized carbons (Fsp3) is 0.929. The molecular formula is C14H26N2O. The first kappa shape index (κ1) is 12.9. The molecule has 3 heteroatoms. The highest BCUT2D eigenvalue weighted by atomic mass is 16.2. The normalized spacial score (nSPS) is 39.1. The van der Waals surface area contributed by atoms with Gasteiger partial charge in [0.05, 0.1) is 0 Å². The van der Waals surface area contributed by atoms with E-state index in [1.54, 1.807) is 0 Å². The molecule has 2 rings (SSSR count). The van der Waals surface area contributed by atoms with Gasteiger partial charge in [-0.05, 0) is 52.0 Å². The Morgan fingerprint density at radius 2 is 1.94 bits per heavy atom. The van der Waals surface area contributed by atoms with Crippen molar-refractivity contribution in [2.45, 2.75) is 58.5 Å². The number of carbonyl (C=O) groups is 1. The molecule has 98 valence electrons. The summed E-state index contributed by atoms with van der Waals surface area (Å²) >= 11 is 0. The molecule has 0 aliphatic carbocycles. The van der Waals surface area contributed by atoms with Gasteiger partial charge in [0.25, 0.3) is 0 Å². The van der Waals surface area contributed by atoms with Crippen LogP contribution in [0.15, 0.2) is 0 Å². The van der Waals surface area contributed by atoms with Crippen molar-refractivity contribution in [3.8, 4) is 0 Å². The minimum absolute atomic E-state index is 0.263. The van der Waals surface area contributed by atoms with Crippen LogP contribution in [0.25, 0.3) is 0 Å². The number of likely N-dealkylation sites (tertiary alicyclic amines) is 1. The summed E-state index contributed by atoms with van der Waals surface area (Å²) in [5.41, 5.74) is 0. The minimum atomic E-state index is 0.263. The van der Waals surface area contributed by atoms with E-state index in [0.717, 1.165) is 25.9 Å². The lowest BCUT2D eigenvalue weighted by atomic mass is 9.88. The summed E-state index contributed by atoms with van der Waals surface area (Å²) in [6.45, 7) is 8.61. The lowest BCUT2D eigenvalue weighted by Gasteiger charge is -2.40. The van der Waals surface area contributed by atoms with Crippen molar-refractivity contribution >= 4 is 5.91 Å². The molecule has 1 amide bonds. The van der Waals surface area contributed by atoms with Gasteiger partial charge in [-0.1, -0.05) is 6.92 Å². The number of hydrogen-bond acceptors (Lipinski definition) is 2. The summed E-state index contributed by atoms with van der Waals surface area (Å²) in [7, 11) is 0. The zero-order chi connectivity index (χ0) is 12.4. The van der Waals surface area contributed by atoms with E-state index >= 15 is 0 Å². The van der Waals surface area contributed by atoms with Gasteiger partial charge in [0.2, 0.25) is 5.91 Å². The van der Waals surface area contributed by atoms with Gasteiger partial charge in [0, 0.05) is 24.5 Å². The number of nitrogens with zero attached hydrogens (tertiary/aromatic N) is 1. The molecule has 4 atom stereocenters. The summed E-state index contributed by atoms with van der Waals surface area (Å²) in [6.07, 6.45) is 4.47. The van der Waals surface area contributed by atoms with E-state index in [-0.39, 0.29) is 5.92 Å². The Kier molecular flexibility index (Phi) is 4.08. The van der Waals surface area contributed by atoms with Crippen LogP contribution in [-0.2, 0) is 4.79 Å². The Morgan fingerprint density at radius 3 is 2.65 bits per heavy atom. The maximum absolute atomic E-state index is 12.6. The first-order chi connectivity index (χ1) is 8.08. The summed E-state index contributed by atoms with van der Waals surface area (Å²) in [5, 5.41) is 3.42. The molecule has 2 unspecified atom stereocenters. The molecule has 0 bridgehead atoms. The van der Waals surface area contributed by atoms with Gasteiger partial charge in [-0.3, -0.25) is 4.79 Å². The third-order valence-corrected chi connectivity index (χ3v) is 4.37. The molecule has 0 saturated carbocycles. The fourth-order valence-electron chi connectivity index (χ4n) is 3.19. The van der Waals surface area contributed by atoms with Crippen molar-refractivity contribution in [2.75, 3.05) is 13.1 Å². The number of amides is 1. The zero-order valence-electron chi connectivity index (χ0n) is 11.4. The van der Waals surface area contributed by atoms with Crippen molar-refractivity contribution in [1.82, 2.24) is 10.2 Å². The van der Waals surface area contributed by atoms with E-state index in [1.807, 2.05) is 0 Å². The Morgan fingerprint density at radius 1 is 1.18 bits per heavy atom. The van der Waals surface area contributed by atoms with Crippen LogP contribution in [0.2, 0.25) is 0 Å². The highest BCUT2D eigenvalue weighted by molar-refractivity contribution is 5.79. The number of carbonyl (C=O) groups excluding carboxylic acids is 1. The molecule has 2 fully saturated rings. The molecule has 2 aliphatic heterocycles. The first-order valence-electron chi connectivity index (χ1n) is 7.11. The second kappa shape index (κ2) is 5.38. The van der Waals surface area contributed by atoms with Crippen LogP contribution in [0.3, 0.4) is 0 Å². The molecule has 2 heterocycles. The zero-order valence-corrected chi connectivity index (χ0v) is 11.4. The minimum Gasteiger partial charge on any atom is -0.339 e. The summed E-state index contributed by atoms with van der Waals surface area (Å²) in [6, 6.07) is 0.944. The highest BCUT2D eigenvalue weighted by Gasteiger charge is 2.33. The monoisotopic (exact) mass is 238 g/mol. The predicted octanol–water partition coefficient (Wildman–Crippen LogP) is 2.02. The molecule has 2 saturated heterocycles. The van der Waals surface area contributed by atoms with Gasteiger partial charge < -0.3 is 10.2 Å². The lowest BCUT2D eigenvalue weighted by Crippen LogP contribution is -2.50. The van der Waals surface area contributed by atoms with Crippen LogP contribution in [0.4, 0.5) is 0 Å². The largest absolute Gasteiger partial charge is 0.339 e. The van der Waals surface area contributed by atoms with Gasteiger partial charge in [-0.25, -0.2) is 0 Å². The Hall–Kier alpha value is -0.570. The number of piperidine rings is 2. The fourth-order valence-corrected chi connectivity index (χ4v) is 3.19. The molecule has 17 heavy (non-hydrogen) atoms. The van der Waals surface area contributed by atoms with E-state index in [4.69, 9.17) is 0 Å². The van der Waals surface area contributed by atoms with Gasteiger partial charge in [-0.2, -0.15) is 0 Å². The highest BCUT2D eigenvalue weighted by Crippen LogP contribution is 2.26. The van der Waals surface area contributed by atoms with Crippen molar-refractivity contribution < 1.29 is 4.79 Å². The summed E-state index contributed by atoms with van der Waals surface area (Å²) in [5.74, 6) is 1.35. The van der Waals surface area contributed by atoms with E-state index < -0.39 is 0 Å². The predicted molar refractivity (Wildman–Crippen MR) is 69.8 cm³/mol. The van der Waals surface area contributed by atoms with Crippen LogP contribution >= 0.6 is 0 Å². The Balaban J connectivity index is 1.97. The molecule has 2 aliphatic rings. The average molecular weight is 238 g/mol. The molecule has 1 N–H and O–H groups in total. The van der Waals surface area contributed by atoms with Crippen molar-refractivity contribution in [3.63, 3.8) is 0 Å². The maximum atomic E-state index is 12.6. The average Bonchev–Trinajstić information content (AvgIpc) is 2.31. The number of rotatable bonds is 1. The molecule has 0 spiro atoms. The van der Waals surface area contributed by atoms with Gasteiger partial charge in [-0.15, -0.1) is 0 Å². The SMILES string of the molecule is CC1CCC(C)N(C(=O)[C@H]2CCN[C@@H](C)C2)C1.